The molecule has 0 aliphatic rings. The molecule has 0 heterocycles. The van der Waals surface area contributed by atoms with E-state index in [1.54, 1.807) is 0 Å². The summed E-state index contributed by atoms with van der Waals surface area (Å²) in [5, 5.41) is -0.868. The first kappa shape index (κ1) is 11.9. The minimum atomic E-state index is -1.96. The molecule has 0 saturated heterocycles. The van der Waals surface area contributed by atoms with Crippen LogP contribution in [0.4, 0.5) is 0 Å². The Kier molecular flexibility index (Phi) is 3.81. The van der Waals surface area contributed by atoms with E-state index in [0.29, 0.717) is 0 Å². The maximum Gasteiger partial charge on any atom is 0.0700 e. The van der Waals surface area contributed by atoms with E-state index < -0.39 is 5.39 Å². The van der Waals surface area contributed by atoms with Crippen LogP contribution in [0.3, 0.4) is 0 Å². The fourth-order valence-electron chi connectivity index (χ4n) is 1.56. The first-order chi connectivity index (χ1) is 7.68. The lowest BCUT2D eigenvalue weighted by molar-refractivity contribution is 1.41. The minimum Gasteiger partial charge on any atom is -0.0802 e. The van der Waals surface area contributed by atoms with Crippen molar-refractivity contribution in [1.29, 1.82) is 0 Å². The summed E-state index contributed by atoms with van der Waals surface area (Å²) in [5.41, 5.74) is 1.21. The van der Waals surface area contributed by atoms with Crippen LogP contribution < -0.4 is 5.30 Å². The van der Waals surface area contributed by atoms with Crippen LogP contribution in [0.1, 0.15) is 5.56 Å². The molecule has 0 fully saturated rings. The minimum absolute atomic E-state index is 0.773. The van der Waals surface area contributed by atoms with Crippen molar-refractivity contribution in [3.8, 4) is 0 Å². The highest BCUT2D eigenvalue weighted by Gasteiger charge is 2.16. The molecule has 0 N–H and O–H groups in total. The van der Waals surface area contributed by atoms with Gasteiger partial charge < -0.3 is 0 Å². The molecule has 82 valence electrons. The van der Waals surface area contributed by atoms with Gasteiger partial charge in [-0.3, -0.25) is 0 Å². The highest BCUT2D eigenvalue weighted by atomic mass is 35.7. The summed E-state index contributed by atoms with van der Waals surface area (Å²) in [7, 11) is 0. The second kappa shape index (κ2) is 5.14. The van der Waals surface area contributed by atoms with Gasteiger partial charge in [-0.05, 0) is 10.9 Å². The SMILES string of the molecule is S=P(Cl)(Cc1ccccc1)c1ccccc1. The van der Waals surface area contributed by atoms with E-state index in [1.807, 2.05) is 48.5 Å². The lowest BCUT2D eigenvalue weighted by atomic mass is 10.2. The molecule has 0 nitrogen and oxygen atoms in total. The van der Waals surface area contributed by atoms with E-state index in [-0.39, 0.29) is 0 Å². The van der Waals surface area contributed by atoms with E-state index in [2.05, 4.69) is 12.1 Å². The van der Waals surface area contributed by atoms with Crippen LogP contribution >= 0.6 is 16.6 Å². The summed E-state index contributed by atoms with van der Waals surface area (Å²) in [5.74, 6) is 0. The molecule has 2 aromatic carbocycles. The zero-order chi connectivity index (χ0) is 11.4. The number of rotatable bonds is 3. The Labute approximate surface area is 106 Å². The summed E-state index contributed by atoms with van der Waals surface area (Å²) in [6.45, 7) is 0. The highest BCUT2D eigenvalue weighted by molar-refractivity contribution is 8.30. The quantitative estimate of drug-likeness (QED) is 0.752. The van der Waals surface area contributed by atoms with Crippen LogP contribution in [-0.2, 0) is 18.0 Å². The lowest BCUT2D eigenvalue weighted by Gasteiger charge is -2.14. The molecule has 0 saturated carbocycles. The molecule has 0 amide bonds. The number of halogens is 1. The second-order valence-corrected chi connectivity index (χ2v) is 9.97. The third-order valence-electron chi connectivity index (χ3n) is 2.37. The van der Waals surface area contributed by atoms with Crippen molar-refractivity contribution in [2.75, 3.05) is 0 Å². The van der Waals surface area contributed by atoms with E-state index >= 15 is 0 Å². The van der Waals surface area contributed by atoms with Crippen molar-refractivity contribution in [2.45, 2.75) is 6.16 Å². The van der Waals surface area contributed by atoms with Gasteiger partial charge in [0.15, 0.2) is 0 Å². The van der Waals surface area contributed by atoms with Crippen molar-refractivity contribution in [3.05, 3.63) is 66.2 Å². The monoisotopic (exact) mass is 266 g/mol. The van der Waals surface area contributed by atoms with Gasteiger partial charge in [0, 0.05) is 6.16 Å². The van der Waals surface area contributed by atoms with Gasteiger partial charge in [0.1, 0.15) is 0 Å². The number of hydrogen-bond acceptors (Lipinski definition) is 1. The van der Waals surface area contributed by atoms with Crippen LogP contribution in [0.5, 0.6) is 0 Å². The maximum absolute atomic E-state index is 6.52. The lowest BCUT2D eigenvalue weighted by Crippen LogP contribution is -2.01. The van der Waals surface area contributed by atoms with Gasteiger partial charge in [-0.25, -0.2) is 0 Å². The molecule has 1 unspecified atom stereocenters. The third kappa shape index (κ3) is 2.95. The molecule has 0 spiro atoms. The average Bonchev–Trinajstić information content (AvgIpc) is 2.31. The fraction of sp³-hybridized carbons (Fsp3) is 0.0769. The molecule has 0 aromatic heterocycles. The molecule has 0 aliphatic heterocycles. The molecule has 2 aromatic rings. The van der Waals surface area contributed by atoms with Gasteiger partial charge in [0.2, 0.25) is 0 Å². The second-order valence-electron chi connectivity index (χ2n) is 3.63. The zero-order valence-electron chi connectivity index (χ0n) is 8.71. The van der Waals surface area contributed by atoms with Gasteiger partial charge >= 0.3 is 0 Å². The van der Waals surface area contributed by atoms with Gasteiger partial charge in [-0.15, -0.1) is 0 Å². The van der Waals surface area contributed by atoms with Gasteiger partial charge in [0.05, 0.1) is 5.39 Å². The summed E-state index contributed by atoms with van der Waals surface area (Å²) in [6.07, 6.45) is 0.773. The first-order valence-corrected chi connectivity index (χ1v) is 8.96. The van der Waals surface area contributed by atoms with Crippen LogP contribution in [-0.4, -0.2) is 0 Å². The predicted molar refractivity (Wildman–Crippen MR) is 76.4 cm³/mol. The number of hydrogen-bond donors (Lipinski definition) is 0. The molecular weight excluding hydrogens is 255 g/mol. The summed E-state index contributed by atoms with van der Waals surface area (Å²) in [4.78, 5) is 0. The summed E-state index contributed by atoms with van der Waals surface area (Å²) < 4.78 is 0. The van der Waals surface area contributed by atoms with Gasteiger partial charge in [0.25, 0.3) is 0 Å². The van der Waals surface area contributed by atoms with Gasteiger partial charge in [-0.2, -0.15) is 0 Å². The van der Waals surface area contributed by atoms with Gasteiger partial charge in [-0.1, -0.05) is 83.7 Å². The van der Waals surface area contributed by atoms with E-state index in [9.17, 15) is 0 Å². The first-order valence-electron chi connectivity index (χ1n) is 5.07. The Morgan fingerprint density at radius 3 is 1.94 bits per heavy atom. The molecule has 0 radical (unpaired) electrons. The Balaban J connectivity index is 2.25. The molecule has 1 atom stereocenters. The Morgan fingerprint density at radius 2 is 1.38 bits per heavy atom. The largest absolute Gasteiger partial charge is 0.0802 e. The highest BCUT2D eigenvalue weighted by Crippen LogP contribution is 2.53. The van der Waals surface area contributed by atoms with Crippen molar-refractivity contribution in [3.63, 3.8) is 0 Å². The molecule has 16 heavy (non-hydrogen) atoms. The molecular formula is C13H12ClPS. The van der Waals surface area contributed by atoms with Crippen LogP contribution in [0, 0.1) is 0 Å². The molecule has 0 bridgehead atoms. The van der Waals surface area contributed by atoms with Crippen LogP contribution in [0.2, 0.25) is 0 Å². The zero-order valence-corrected chi connectivity index (χ0v) is 11.2. The molecule has 0 aliphatic carbocycles. The predicted octanol–water partition coefficient (Wildman–Crippen LogP) is 4.15. The molecule has 2 rings (SSSR count). The topological polar surface area (TPSA) is 0 Å². The Bertz CT molecular complexity index is 496. The Morgan fingerprint density at radius 1 is 0.875 bits per heavy atom. The molecule has 3 heteroatoms. The van der Waals surface area contributed by atoms with Crippen molar-refractivity contribution >= 4 is 33.7 Å². The normalized spacial score (nSPS) is 14.3. The maximum atomic E-state index is 6.52. The standard InChI is InChI=1S/C13H12ClPS/c14-15(16,13-9-5-2-6-10-13)11-12-7-3-1-4-8-12/h1-10H,11H2. The van der Waals surface area contributed by atoms with E-state index in [4.69, 9.17) is 23.0 Å². The summed E-state index contributed by atoms with van der Waals surface area (Å²) >= 11 is 12.1. The fourth-order valence-corrected chi connectivity index (χ4v) is 4.61. The Hall–Kier alpha value is -0.620. The van der Waals surface area contributed by atoms with E-state index in [1.165, 1.54) is 5.56 Å². The van der Waals surface area contributed by atoms with Crippen LogP contribution in [0.15, 0.2) is 60.7 Å². The van der Waals surface area contributed by atoms with E-state index in [0.717, 1.165) is 11.5 Å². The smallest absolute Gasteiger partial charge is 0.0700 e. The average molecular weight is 267 g/mol. The third-order valence-corrected chi connectivity index (χ3v) is 6.18. The van der Waals surface area contributed by atoms with Crippen LogP contribution in [0.25, 0.3) is 0 Å². The van der Waals surface area contributed by atoms with Crippen molar-refractivity contribution < 1.29 is 0 Å². The number of benzene rings is 2. The van der Waals surface area contributed by atoms with Crippen molar-refractivity contribution in [1.82, 2.24) is 0 Å². The van der Waals surface area contributed by atoms with Crippen molar-refractivity contribution in [2.24, 2.45) is 0 Å². The summed E-state index contributed by atoms with van der Waals surface area (Å²) in [6, 6.07) is 20.2.